The molecule has 1 fully saturated rings. The summed E-state index contributed by atoms with van der Waals surface area (Å²) in [5.41, 5.74) is 2.29. The van der Waals surface area contributed by atoms with Gasteiger partial charge in [0.2, 0.25) is 0 Å². The third-order valence-electron chi connectivity index (χ3n) is 5.64. The van der Waals surface area contributed by atoms with Crippen LogP contribution in [-0.2, 0) is 20.2 Å². The molecule has 0 spiro atoms. The third-order valence-corrected chi connectivity index (χ3v) is 7.33. The van der Waals surface area contributed by atoms with Gasteiger partial charge in [-0.3, -0.25) is 9.88 Å². The quantitative estimate of drug-likeness (QED) is 0.390. The second kappa shape index (κ2) is 9.38. The van der Waals surface area contributed by atoms with E-state index in [0.717, 1.165) is 25.0 Å². The van der Waals surface area contributed by atoms with Crippen LogP contribution in [0.1, 0.15) is 57.3 Å². The van der Waals surface area contributed by atoms with Gasteiger partial charge in [0.1, 0.15) is 11.6 Å². The van der Waals surface area contributed by atoms with E-state index in [9.17, 15) is 9.00 Å². The maximum atomic E-state index is 12.2. The summed E-state index contributed by atoms with van der Waals surface area (Å²) in [6.45, 7) is 5.54. The van der Waals surface area contributed by atoms with Crippen molar-refractivity contribution in [1.29, 1.82) is 4.78 Å². The molecule has 11 nitrogen and oxygen atoms in total. The zero-order valence-electron chi connectivity index (χ0n) is 19.0. The van der Waals surface area contributed by atoms with Crippen molar-refractivity contribution in [1.82, 2.24) is 30.1 Å². The Morgan fingerprint density at radius 3 is 2.97 bits per heavy atom. The monoisotopic (exact) mass is 474 g/mol. The minimum Gasteiger partial charge on any atom is -0.446 e. The molecule has 4 N–H and O–H groups in total. The summed E-state index contributed by atoms with van der Waals surface area (Å²) in [5, 5.41) is 17.9. The number of hydrogen-bond donors (Lipinski definition) is 4. The van der Waals surface area contributed by atoms with E-state index in [2.05, 4.69) is 30.9 Å². The molecule has 33 heavy (non-hydrogen) atoms. The van der Waals surface area contributed by atoms with E-state index in [4.69, 9.17) is 9.52 Å². The molecule has 0 saturated heterocycles. The van der Waals surface area contributed by atoms with Crippen molar-refractivity contribution in [3.05, 3.63) is 35.9 Å². The number of carbonyl (C=O) groups is 1. The number of ether oxygens (including phenoxy) is 1. The van der Waals surface area contributed by atoms with Crippen LogP contribution in [0.5, 0.6) is 0 Å². The van der Waals surface area contributed by atoms with E-state index >= 15 is 0 Å². The first-order chi connectivity index (χ1) is 15.7. The highest BCUT2D eigenvalue weighted by Gasteiger charge is 2.30. The minimum absolute atomic E-state index is 0.0450. The van der Waals surface area contributed by atoms with E-state index < -0.39 is 9.73 Å². The SMILES string of the molecule is CCS(=N)(=O)Cc1cc2c(Nc3cc(C4CCC(OC(=O)NC(C)C)C4)[nH]n3)nccn2n1. The molecule has 178 valence electrons. The largest absolute Gasteiger partial charge is 0.446 e. The smallest absolute Gasteiger partial charge is 0.407 e. The lowest BCUT2D eigenvalue weighted by molar-refractivity contribution is 0.0981. The number of hydrogen-bond acceptors (Lipinski definition) is 8. The Kier molecular flexibility index (Phi) is 6.54. The van der Waals surface area contributed by atoms with Crippen LogP contribution in [0, 0.1) is 4.78 Å². The van der Waals surface area contributed by atoms with Gasteiger partial charge in [-0.25, -0.2) is 18.5 Å². The molecule has 1 aliphatic carbocycles. The van der Waals surface area contributed by atoms with Gasteiger partial charge >= 0.3 is 6.09 Å². The molecule has 4 rings (SSSR count). The number of fused-ring (bicyclic) bond motifs is 1. The number of aromatic nitrogens is 5. The van der Waals surface area contributed by atoms with Crippen LogP contribution in [-0.4, -0.2) is 53.0 Å². The Hall–Kier alpha value is -3.15. The summed E-state index contributed by atoms with van der Waals surface area (Å²) in [7, 11) is -2.69. The predicted molar refractivity (Wildman–Crippen MR) is 125 cm³/mol. The number of rotatable bonds is 8. The molecule has 0 radical (unpaired) electrons. The van der Waals surface area contributed by atoms with Crippen LogP contribution in [0.2, 0.25) is 0 Å². The molecule has 3 aromatic rings. The molecule has 3 aromatic heterocycles. The van der Waals surface area contributed by atoms with Crippen LogP contribution < -0.4 is 10.6 Å². The standard InChI is InChI=1S/C21H30N8O3S/c1-4-33(22,31)12-15-10-18-20(23-7-8-29(18)28-15)25-19-11-17(26-27-19)14-5-6-16(9-14)32-21(30)24-13(2)3/h7-8,10-11,13-14,16,22H,4-6,9,12H2,1-3H3,(H,24,30)(H2,23,25,26,27). The lowest BCUT2D eigenvalue weighted by atomic mass is 10.0. The summed E-state index contributed by atoms with van der Waals surface area (Å²) in [6.07, 6.45) is 5.33. The maximum absolute atomic E-state index is 12.2. The highest BCUT2D eigenvalue weighted by molar-refractivity contribution is 7.91. The Balaban J connectivity index is 1.43. The number of nitrogens with one attached hydrogen (secondary N) is 4. The van der Waals surface area contributed by atoms with Crippen molar-refractivity contribution in [3.8, 4) is 0 Å². The number of carbonyl (C=O) groups excluding carboxylic acids is 1. The normalized spacial score (nSPS) is 20.1. The summed E-state index contributed by atoms with van der Waals surface area (Å²) in [6, 6.07) is 3.79. The average molecular weight is 475 g/mol. The fourth-order valence-electron chi connectivity index (χ4n) is 3.96. The van der Waals surface area contributed by atoms with Crippen molar-refractivity contribution in [2.45, 2.75) is 63.9 Å². The number of amides is 1. The van der Waals surface area contributed by atoms with E-state index in [-0.39, 0.29) is 35.7 Å². The topological polar surface area (TPSA) is 150 Å². The first-order valence-corrected chi connectivity index (χ1v) is 13.0. The molecular weight excluding hydrogens is 444 g/mol. The number of H-pyrrole nitrogens is 1. The molecule has 3 unspecified atom stereocenters. The van der Waals surface area contributed by atoms with Gasteiger partial charge in [0, 0.05) is 51.6 Å². The molecule has 12 heteroatoms. The van der Waals surface area contributed by atoms with Gasteiger partial charge < -0.3 is 15.4 Å². The van der Waals surface area contributed by atoms with Crippen LogP contribution in [0.15, 0.2) is 24.5 Å². The van der Waals surface area contributed by atoms with Gasteiger partial charge in [-0.15, -0.1) is 0 Å². The molecule has 1 amide bonds. The molecule has 0 aliphatic heterocycles. The lowest BCUT2D eigenvalue weighted by Gasteiger charge is -2.14. The molecular formula is C21H30N8O3S. The zero-order valence-corrected chi connectivity index (χ0v) is 19.8. The maximum Gasteiger partial charge on any atom is 0.407 e. The number of alkyl carbamates (subject to hydrolysis) is 1. The number of aromatic amines is 1. The molecule has 0 aromatic carbocycles. The van der Waals surface area contributed by atoms with Gasteiger partial charge in [0.15, 0.2) is 11.6 Å². The van der Waals surface area contributed by atoms with Crippen molar-refractivity contribution in [2.24, 2.45) is 0 Å². The molecule has 0 bridgehead atoms. The highest BCUT2D eigenvalue weighted by atomic mass is 32.2. The fraction of sp³-hybridized carbons (Fsp3) is 0.524. The summed E-state index contributed by atoms with van der Waals surface area (Å²) in [4.78, 5) is 16.3. The summed E-state index contributed by atoms with van der Waals surface area (Å²) in [5.74, 6) is 1.82. The first-order valence-electron chi connectivity index (χ1n) is 11.1. The Bertz CT molecular complexity index is 1230. The molecule has 3 atom stereocenters. The number of anilines is 2. The van der Waals surface area contributed by atoms with E-state index in [1.165, 1.54) is 0 Å². The minimum atomic E-state index is -2.69. The van der Waals surface area contributed by atoms with E-state index in [0.29, 0.717) is 22.8 Å². The Morgan fingerprint density at radius 2 is 2.21 bits per heavy atom. The van der Waals surface area contributed by atoms with Gasteiger partial charge in [0.25, 0.3) is 0 Å². The van der Waals surface area contributed by atoms with E-state index in [1.807, 2.05) is 19.9 Å². The lowest BCUT2D eigenvalue weighted by Crippen LogP contribution is -2.33. The predicted octanol–water partition coefficient (Wildman–Crippen LogP) is 3.53. The molecule has 1 saturated carbocycles. The summed E-state index contributed by atoms with van der Waals surface area (Å²) >= 11 is 0. The Labute approximate surface area is 192 Å². The van der Waals surface area contributed by atoms with Crippen LogP contribution >= 0.6 is 0 Å². The number of nitrogens with zero attached hydrogens (tertiary/aromatic N) is 4. The second-order valence-corrected chi connectivity index (χ2v) is 11.1. The molecule has 3 heterocycles. The van der Waals surface area contributed by atoms with Gasteiger partial charge in [-0.1, -0.05) is 6.92 Å². The highest BCUT2D eigenvalue weighted by Crippen LogP contribution is 2.36. The van der Waals surface area contributed by atoms with Crippen molar-refractivity contribution in [2.75, 3.05) is 11.1 Å². The van der Waals surface area contributed by atoms with E-state index in [1.54, 1.807) is 29.9 Å². The van der Waals surface area contributed by atoms with Gasteiger partial charge in [0.05, 0.1) is 11.4 Å². The zero-order chi connectivity index (χ0) is 23.6. The van der Waals surface area contributed by atoms with Crippen LogP contribution in [0.4, 0.5) is 16.4 Å². The molecule has 1 aliphatic rings. The third kappa shape index (κ3) is 5.62. The van der Waals surface area contributed by atoms with Crippen molar-refractivity contribution < 1.29 is 13.7 Å². The summed E-state index contributed by atoms with van der Waals surface area (Å²) < 4.78 is 27.2. The Morgan fingerprint density at radius 1 is 1.39 bits per heavy atom. The van der Waals surface area contributed by atoms with Crippen molar-refractivity contribution >= 4 is 33.0 Å². The van der Waals surface area contributed by atoms with Crippen LogP contribution in [0.25, 0.3) is 5.52 Å². The average Bonchev–Trinajstić information content (AvgIpc) is 3.47. The van der Waals surface area contributed by atoms with Gasteiger partial charge in [-0.05, 0) is 39.2 Å². The second-order valence-electron chi connectivity index (χ2n) is 8.66. The van der Waals surface area contributed by atoms with Crippen LogP contribution in [0.3, 0.4) is 0 Å². The van der Waals surface area contributed by atoms with Crippen molar-refractivity contribution in [3.63, 3.8) is 0 Å². The first kappa shape index (κ1) is 23.0. The fourth-order valence-corrected chi connectivity index (χ4v) is 4.79. The van der Waals surface area contributed by atoms with Gasteiger partial charge in [-0.2, -0.15) is 10.2 Å².